The van der Waals surface area contributed by atoms with Crippen LogP contribution in [0, 0.1) is 0 Å². The van der Waals surface area contributed by atoms with E-state index in [0.717, 1.165) is 31.4 Å². The summed E-state index contributed by atoms with van der Waals surface area (Å²) >= 11 is 0. The van der Waals surface area contributed by atoms with E-state index in [0.29, 0.717) is 5.52 Å². The number of carboxylic acid groups (broad SMARTS) is 1. The van der Waals surface area contributed by atoms with E-state index in [1.807, 2.05) is 10.7 Å². The van der Waals surface area contributed by atoms with Crippen LogP contribution in [0.1, 0.15) is 29.2 Å². The molecule has 1 aromatic heterocycles. The average Bonchev–Trinajstić information content (AvgIpc) is 2.82. The first-order chi connectivity index (χ1) is 9.16. The minimum absolute atomic E-state index is 0.216. The number of carbonyl (C=O) groups is 1. The van der Waals surface area contributed by atoms with Gasteiger partial charge in [0.2, 0.25) is 0 Å². The molecule has 1 unspecified atom stereocenters. The molecule has 0 aliphatic carbocycles. The molecular weight excluding hydrogens is 244 g/mol. The highest BCUT2D eigenvalue weighted by atomic mass is 16.4. The summed E-state index contributed by atoms with van der Waals surface area (Å²) in [5.41, 5.74) is 1.50. The SMILES string of the molecule is CN1CCCC(n2nnc3c(C(=O)O)cccc32)C1. The van der Waals surface area contributed by atoms with Crippen molar-refractivity contribution in [1.82, 2.24) is 19.9 Å². The van der Waals surface area contributed by atoms with Gasteiger partial charge in [0.1, 0.15) is 5.52 Å². The van der Waals surface area contributed by atoms with Crippen LogP contribution in [-0.2, 0) is 0 Å². The minimum Gasteiger partial charge on any atom is -0.478 e. The number of piperidine rings is 1. The highest BCUT2D eigenvalue weighted by molar-refractivity contribution is 6.00. The number of hydrogen-bond donors (Lipinski definition) is 1. The lowest BCUT2D eigenvalue weighted by atomic mass is 10.1. The second-order valence-electron chi connectivity index (χ2n) is 5.07. The zero-order valence-electron chi connectivity index (χ0n) is 10.8. The molecule has 0 amide bonds. The maximum atomic E-state index is 11.2. The number of hydrogen-bond acceptors (Lipinski definition) is 4. The van der Waals surface area contributed by atoms with Crippen LogP contribution in [0.5, 0.6) is 0 Å². The molecule has 1 N–H and O–H groups in total. The summed E-state index contributed by atoms with van der Waals surface area (Å²) in [6.07, 6.45) is 2.18. The lowest BCUT2D eigenvalue weighted by Crippen LogP contribution is -2.34. The normalized spacial score (nSPS) is 20.8. The first-order valence-corrected chi connectivity index (χ1v) is 6.42. The third-order valence-electron chi connectivity index (χ3n) is 3.68. The number of rotatable bonds is 2. The highest BCUT2D eigenvalue weighted by Crippen LogP contribution is 2.25. The Balaban J connectivity index is 2.05. The van der Waals surface area contributed by atoms with Crippen molar-refractivity contribution in [3.05, 3.63) is 23.8 Å². The number of likely N-dealkylation sites (N-methyl/N-ethyl adjacent to an activating group) is 1. The topological polar surface area (TPSA) is 71.2 Å². The van der Waals surface area contributed by atoms with Crippen LogP contribution in [0.25, 0.3) is 11.0 Å². The van der Waals surface area contributed by atoms with Crippen molar-refractivity contribution in [2.24, 2.45) is 0 Å². The molecule has 1 atom stereocenters. The Bertz CT molecular complexity index is 622. The fourth-order valence-corrected chi connectivity index (χ4v) is 2.74. The van der Waals surface area contributed by atoms with Gasteiger partial charge in [-0.3, -0.25) is 0 Å². The summed E-state index contributed by atoms with van der Waals surface area (Å²) < 4.78 is 1.87. The molecule has 100 valence electrons. The molecule has 0 bridgehead atoms. The molecule has 2 aromatic rings. The van der Waals surface area contributed by atoms with Crippen LogP contribution in [0.2, 0.25) is 0 Å². The second kappa shape index (κ2) is 4.62. The van der Waals surface area contributed by atoms with Gasteiger partial charge in [-0.25, -0.2) is 9.48 Å². The van der Waals surface area contributed by atoms with Crippen molar-refractivity contribution in [3.63, 3.8) is 0 Å². The minimum atomic E-state index is -0.960. The van der Waals surface area contributed by atoms with Crippen LogP contribution in [-0.4, -0.2) is 51.1 Å². The third-order valence-corrected chi connectivity index (χ3v) is 3.68. The van der Waals surface area contributed by atoms with Gasteiger partial charge >= 0.3 is 5.97 Å². The maximum absolute atomic E-state index is 11.2. The van der Waals surface area contributed by atoms with E-state index in [2.05, 4.69) is 22.3 Å². The molecule has 6 heteroatoms. The van der Waals surface area contributed by atoms with Gasteiger partial charge in [-0.2, -0.15) is 0 Å². The molecule has 1 aliphatic rings. The van der Waals surface area contributed by atoms with E-state index in [4.69, 9.17) is 5.11 Å². The highest BCUT2D eigenvalue weighted by Gasteiger charge is 2.23. The molecule has 3 rings (SSSR count). The first-order valence-electron chi connectivity index (χ1n) is 6.42. The Morgan fingerprint density at radius 2 is 2.32 bits per heavy atom. The molecule has 1 saturated heterocycles. The summed E-state index contributed by atoms with van der Waals surface area (Å²) in [7, 11) is 2.09. The molecule has 1 aromatic carbocycles. The Morgan fingerprint density at radius 1 is 1.47 bits per heavy atom. The van der Waals surface area contributed by atoms with Gasteiger partial charge in [-0.1, -0.05) is 11.3 Å². The van der Waals surface area contributed by atoms with Gasteiger partial charge in [0, 0.05) is 6.54 Å². The van der Waals surface area contributed by atoms with Gasteiger partial charge in [0.15, 0.2) is 0 Å². The number of carboxylic acids is 1. The lowest BCUT2D eigenvalue weighted by molar-refractivity contribution is 0.0699. The van der Waals surface area contributed by atoms with Gasteiger partial charge in [0.25, 0.3) is 0 Å². The van der Waals surface area contributed by atoms with E-state index in [1.54, 1.807) is 12.1 Å². The zero-order valence-corrected chi connectivity index (χ0v) is 10.8. The quantitative estimate of drug-likeness (QED) is 0.883. The van der Waals surface area contributed by atoms with Crippen LogP contribution in [0.15, 0.2) is 18.2 Å². The molecule has 0 spiro atoms. The Hall–Kier alpha value is -1.95. The number of nitrogens with zero attached hydrogens (tertiary/aromatic N) is 4. The summed E-state index contributed by atoms with van der Waals surface area (Å²) in [6.45, 7) is 2.03. The smallest absolute Gasteiger partial charge is 0.338 e. The predicted molar refractivity (Wildman–Crippen MR) is 70.3 cm³/mol. The van der Waals surface area contributed by atoms with Crippen molar-refractivity contribution in [1.29, 1.82) is 0 Å². The van der Waals surface area contributed by atoms with E-state index in [-0.39, 0.29) is 11.6 Å². The standard InChI is InChI=1S/C13H16N4O2/c1-16-7-3-4-9(8-16)17-11-6-2-5-10(13(18)19)12(11)14-15-17/h2,5-6,9H,3-4,7-8H2,1H3,(H,18,19). The van der Waals surface area contributed by atoms with Gasteiger partial charge in [-0.05, 0) is 38.6 Å². The Labute approximate surface area is 110 Å². The maximum Gasteiger partial charge on any atom is 0.338 e. The number of fused-ring (bicyclic) bond motifs is 1. The van der Waals surface area contributed by atoms with Crippen LogP contribution >= 0.6 is 0 Å². The molecule has 0 saturated carbocycles. The van der Waals surface area contributed by atoms with E-state index in [9.17, 15) is 4.79 Å². The largest absolute Gasteiger partial charge is 0.478 e. The second-order valence-corrected chi connectivity index (χ2v) is 5.07. The number of aromatic carboxylic acids is 1. The predicted octanol–water partition coefficient (Wildman–Crippen LogP) is 1.40. The average molecular weight is 260 g/mol. The Kier molecular flexibility index (Phi) is 2.94. The monoisotopic (exact) mass is 260 g/mol. The zero-order chi connectivity index (χ0) is 13.4. The van der Waals surface area contributed by atoms with Crippen LogP contribution in [0.3, 0.4) is 0 Å². The molecule has 0 radical (unpaired) electrons. The third kappa shape index (κ3) is 2.08. The van der Waals surface area contributed by atoms with Gasteiger partial charge < -0.3 is 10.0 Å². The summed E-state index contributed by atoms with van der Waals surface area (Å²) in [5.74, 6) is -0.960. The number of aromatic nitrogens is 3. The number of benzene rings is 1. The van der Waals surface area contributed by atoms with E-state index in [1.165, 1.54) is 0 Å². The summed E-state index contributed by atoms with van der Waals surface area (Å²) in [4.78, 5) is 13.4. The molecule has 6 nitrogen and oxygen atoms in total. The molecular formula is C13H16N4O2. The van der Waals surface area contributed by atoms with Crippen molar-refractivity contribution in [3.8, 4) is 0 Å². The fourth-order valence-electron chi connectivity index (χ4n) is 2.74. The Morgan fingerprint density at radius 3 is 3.05 bits per heavy atom. The molecule has 2 heterocycles. The van der Waals surface area contributed by atoms with Crippen molar-refractivity contribution < 1.29 is 9.90 Å². The van der Waals surface area contributed by atoms with E-state index < -0.39 is 5.97 Å². The summed E-state index contributed by atoms with van der Waals surface area (Å²) in [6, 6.07) is 5.47. The molecule has 1 aliphatic heterocycles. The van der Waals surface area contributed by atoms with Crippen molar-refractivity contribution >= 4 is 17.0 Å². The first kappa shape index (κ1) is 12.1. The fraction of sp³-hybridized carbons (Fsp3) is 0.462. The van der Waals surface area contributed by atoms with Crippen LogP contribution < -0.4 is 0 Å². The number of likely N-dealkylation sites (tertiary alicyclic amines) is 1. The van der Waals surface area contributed by atoms with Gasteiger partial charge in [0.05, 0.1) is 17.1 Å². The van der Waals surface area contributed by atoms with Crippen molar-refractivity contribution in [2.75, 3.05) is 20.1 Å². The van der Waals surface area contributed by atoms with Gasteiger partial charge in [-0.15, -0.1) is 5.10 Å². The van der Waals surface area contributed by atoms with Crippen molar-refractivity contribution in [2.45, 2.75) is 18.9 Å². The van der Waals surface area contributed by atoms with E-state index >= 15 is 0 Å². The molecule has 1 fully saturated rings. The summed E-state index contributed by atoms with van der Waals surface area (Å²) in [5, 5.41) is 17.4. The van der Waals surface area contributed by atoms with Crippen LogP contribution in [0.4, 0.5) is 0 Å². The lowest BCUT2D eigenvalue weighted by Gasteiger charge is -2.29. The molecule has 19 heavy (non-hydrogen) atoms.